The second kappa shape index (κ2) is 2.75. The zero-order valence-electron chi connectivity index (χ0n) is 4.82. The van der Waals surface area contributed by atoms with E-state index in [1.165, 1.54) is 0 Å². The number of rotatable bonds is 0. The highest BCUT2D eigenvalue weighted by atomic mass is 79.9. The van der Waals surface area contributed by atoms with Crippen LogP contribution in [0.1, 0.15) is 0 Å². The van der Waals surface area contributed by atoms with E-state index in [0.29, 0.717) is 14.8 Å². The summed E-state index contributed by atoms with van der Waals surface area (Å²) in [5.74, 6) is 0.341. The van der Waals surface area contributed by atoms with Crippen molar-refractivity contribution in [1.82, 2.24) is 4.98 Å². The van der Waals surface area contributed by atoms with Crippen LogP contribution in [0.2, 0.25) is 0 Å². The molecule has 0 spiro atoms. The predicted octanol–water partition coefficient (Wildman–Crippen LogP) is 1.48. The van der Waals surface area contributed by atoms with Gasteiger partial charge in [0.15, 0.2) is 0 Å². The fourth-order valence-electron chi connectivity index (χ4n) is 0.496. The molecule has 0 unspecified atom stereocenters. The first kappa shape index (κ1) is 7.81. The molecule has 0 saturated heterocycles. The monoisotopic (exact) mass is 266 g/mol. The average molecular weight is 268 g/mol. The van der Waals surface area contributed by atoms with Crippen LogP contribution in [0.3, 0.4) is 0 Å². The molecule has 0 aromatic carbocycles. The highest BCUT2D eigenvalue weighted by Gasteiger charge is 1.99. The number of aromatic amines is 1. The Morgan fingerprint density at radius 2 is 2.00 bits per heavy atom. The number of H-pyrrole nitrogens is 1. The minimum atomic E-state index is -0.222. The molecule has 0 atom stereocenters. The molecule has 0 radical (unpaired) electrons. The van der Waals surface area contributed by atoms with Crippen molar-refractivity contribution in [2.75, 3.05) is 5.73 Å². The van der Waals surface area contributed by atoms with Gasteiger partial charge in [0.25, 0.3) is 5.56 Å². The van der Waals surface area contributed by atoms with Crippen LogP contribution in [0.15, 0.2) is 19.8 Å². The van der Waals surface area contributed by atoms with Gasteiger partial charge in [0, 0.05) is 0 Å². The quantitative estimate of drug-likeness (QED) is 0.748. The first-order chi connectivity index (χ1) is 4.61. The number of hydrogen-bond acceptors (Lipinski definition) is 2. The van der Waals surface area contributed by atoms with Crippen LogP contribution in [0.4, 0.5) is 5.82 Å². The SMILES string of the molecule is Nc1[nH]c(=O)c(Br)cc1Br. The molecule has 1 rings (SSSR count). The number of nitrogens with one attached hydrogen (secondary N) is 1. The number of aromatic nitrogens is 1. The Hall–Kier alpha value is -0.290. The van der Waals surface area contributed by atoms with Crippen LogP contribution in [-0.4, -0.2) is 4.98 Å². The number of pyridine rings is 1. The summed E-state index contributed by atoms with van der Waals surface area (Å²) in [5.41, 5.74) is 5.14. The van der Waals surface area contributed by atoms with Gasteiger partial charge < -0.3 is 10.7 Å². The Kier molecular flexibility index (Phi) is 2.15. The third kappa shape index (κ3) is 1.41. The van der Waals surface area contributed by atoms with Crippen molar-refractivity contribution in [2.24, 2.45) is 0 Å². The van der Waals surface area contributed by atoms with E-state index in [2.05, 4.69) is 36.8 Å². The Bertz CT molecular complexity index is 307. The molecule has 1 aromatic heterocycles. The molecule has 5 heteroatoms. The van der Waals surface area contributed by atoms with Crippen LogP contribution in [0.25, 0.3) is 0 Å². The molecular weight excluding hydrogens is 264 g/mol. The molecule has 3 nitrogen and oxygen atoms in total. The predicted molar refractivity (Wildman–Crippen MR) is 46.9 cm³/mol. The fourth-order valence-corrected chi connectivity index (χ4v) is 1.46. The Balaban J connectivity index is 3.43. The van der Waals surface area contributed by atoms with Crippen molar-refractivity contribution >= 4 is 37.7 Å². The molecule has 3 N–H and O–H groups in total. The van der Waals surface area contributed by atoms with Gasteiger partial charge in [-0.15, -0.1) is 0 Å². The average Bonchev–Trinajstić information content (AvgIpc) is 1.84. The molecule has 0 fully saturated rings. The van der Waals surface area contributed by atoms with E-state index in [-0.39, 0.29) is 5.56 Å². The van der Waals surface area contributed by atoms with Crippen molar-refractivity contribution in [2.45, 2.75) is 0 Å². The van der Waals surface area contributed by atoms with Gasteiger partial charge in [-0.05, 0) is 37.9 Å². The van der Waals surface area contributed by atoms with Crippen molar-refractivity contribution in [3.8, 4) is 0 Å². The van der Waals surface area contributed by atoms with Gasteiger partial charge >= 0.3 is 0 Å². The van der Waals surface area contributed by atoms with Crippen molar-refractivity contribution < 1.29 is 0 Å². The van der Waals surface area contributed by atoms with Gasteiger partial charge in [0.1, 0.15) is 5.82 Å². The highest BCUT2D eigenvalue weighted by Crippen LogP contribution is 2.17. The summed E-state index contributed by atoms with van der Waals surface area (Å²) in [4.78, 5) is 13.2. The van der Waals surface area contributed by atoms with E-state index in [4.69, 9.17) is 5.73 Å². The second-order valence-electron chi connectivity index (χ2n) is 1.71. The summed E-state index contributed by atoms with van der Waals surface area (Å²) in [7, 11) is 0. The number of nitrogens with two attached hydrogens (primary N) is 1. The highest BCUT2D eigenvalue weighted by molar-refractivity contribution is 9.11. The van der Waals surface area contributed by atoms with Crippen LogP contribution < -0.4 is 11.3 Å². The van der Waals surface area contributed by atoms with Crippen LogP contribution in [0, 0.1) is 0 Å². The molecule has 1 heterocycles. The lowest BCUT2D eigenvalue weighted by molar-refractivity contribution is 1.21. The molecule has 10 heavy (non-hydrogen) atoms. The normalized spacial score (nSPS) is 9.80. The zero-order valence-corrected chi connectivity index (χ0v) is 7.99. The minimum absolute atomic E-state index is 0.222. The molecule has 1 aromatic rings. The molecule has 0 bridgehead atoms. The van der Waals surface area contributed by atoms with Gasteiger partial charge in [0.2, 0.25) is 0 Å². The van der Waals surface area contributed by atoms with Crippen molar-refractivity contribution in [1.29, 1.82) is 0 Å². The Morgan fingerprint density at radius 3 is 2.50 bits per heavy atom. The Labute approximate surface area is 73.9 Å². The third-order valence-electron chi connectivity index (χ3n) is 0.976. The van der Waals surface area contributed by atoms with Gasteiger partial charge in [-0.1, -0.05) is 0 Å². The standard InChI is InChI=1S/C5H4Br2N2O/c6-2-1-3(7)5(10)9-4(2)8/h1H,(H3,8,9,10). The molecule has 0 aliphatic heterocycles. The summed E-state index contributed by atoms with van der Waals surface area (Å²) in [5, 5.41) is 0. The second-order valence-corrected chi connectivity index (χ2v) is 3.42. The molecule has 0 aliphatic rings. The summed E-state index contributed by atoms with van der Waals surface area (Å²) < 4.78 is 1.15. The van der Waals surface area contributed by atoms with E-state index < -0.39 is 0 Å². The minimum Gasteiger partial charge on any atom is -0.384 e. The number of halogens is 2. The lowest BCUT2D eigenvalue weighted by Crippen LogP contribution is -2.09. The number of hydrogen-bond donors (Lipinski definition) is 2. The van der Waals surface area contributed by atoms with E-state index in [9.17, 15) is 4.79 Å². The van der Waals surface area contributed by atoms with E-state index in [0.717, 1.165) is 0 Å². The third-order valence-corrected chi connectivity index (χ3v) is 2.22. The van der Waals surface area contributed by atoms with Gasteiger partial charge in [-0.2, -0.15) is 0 Å². The van der Waals surface area contributed by atoms with Crippen LogP contribution in [0.5, 0.6) is 0 Å². The first-order valence-electron chi connectivity index (χ1n) is 2.45. The van der Waals surface area contributed by atoms with E-state index >= 15 is 0 Å². The molecule has 54 valence electrons. The largest absolute Gasteiger partial charge is 0.384 e. The Morgan fingerprint density at radius 1 is 1.40 bits per heavy atom. The van der Waals surface area contributed by atoms with Crippen molar-refractivity contribution in [3.05, 3.63) is 25.4 Å². The summed E-state index contributed by atoms with van der Waals surface area (Å²) in [6, 6.07) is 1.61. The first-order valence-corrected chi connectivity index (χ1v) is 4.03. The maximum atomic E-state index is 10.8. The van der Waals surface area contributed by atoms with Gasteiger partial charge in [0.05, 0.1) is 8.95 Å². The molecule has 0 aliphatic carbocycles. The van der Waals surface area contributed by atoms with E-state index in [1.807, 2.05) is 0 Å². The fraction of sp³-hybridized carbons (Fsp3) is 0. The topological polar surface area (TPSA) is 58.9 Å². The van der Waals surface area contributed by atoms with E-state index in [1.54, 1.807) is 6.07 Å². The number of anilines is 1. The maximum absolute atomic E-state index is 10.8. The van der Waals surface area contributed by atoms with Crippen LogP contribution >= 0.6 is 31.9 Å². The lowest BCUT2D eigenvalue weighted by Gasteiger charge is -1.95. The van der Waals surface area contributed by atoms with Gasteiger partial charge in [-0.3, -0.25) is 4.79 Å². The van der Waals surface area contributed by atoms with Crippen LogP contribution in [-0.2, 0) is 0 Å². The smallest absolute Gasteiger partial charge is 0.263 e. The molecular formula is C5H4Br2N2O. The molecule has 0 saturated carbocycles. The lowest BCUT2D eigenvalue weighted by atomic mass is 10.5. The molecule has 0 amide bonds. The summed E-state index contributed by atoms with van der Waals surface area (Å²) in [6.45, 7) is 0. The summed E-state index contributed by atoms with van der Waals surface area (Å²) in [6.07, 6.45) is 0. The van der Waals surface area contributed by atoms with Gasteiger partial charge in [-0.25, -0.2) is 0 Å². The maximum Gasteiger partial charge on any atom is 0.263 e. The zero-order chi connectivity index (χ0) is 7.72. The number of nitrogen functional groups attached to an aromatic ring is 1. The summed E-state index contributed by atoms with van der Waals surface area (Å²) >= 11 is 6.21. The van der Waals surface area contributed by atoms with Crippen molar-refractivity contribution in [3.63, 3.8) is 0 Å².